The van der Waals surface area contributed by atoms with Crippen molar-refractivity contribution in [3.63, 3.8) is 0 Å². The highest BCUT2D eigenvalue weighted by Crippen LogP contribution is 2.14. The van der Waals surface area contributed by atoms with Gasteiger partial charge in [0.25, 0.3) is 0 Å². The topological polar surface area (TPSA) is 64.0 Å². The van der Waals surface area contributed by atoms with E-state index in [9.17, 15) is 17.2 Å². The maximum absolute atomic E-state index is 13.1. The van der Waals surface area contributed by atoms with Gasteiger partial charge in [-0.1, -0.05) is 0 Å². The molecule has 0 amide bonds. The van der Waals surface area contributed by atoms with Crippen LogP contribution < -0.4 is 4.72 Å². The molecule has 1 N–H and O–H groups in total. The number of aromatic nitrogens is 2. The fourth-order valence-corrected chi connectivity index (χ4v) is 2.95. The van der Waals surface area contributed by atoms with E-state index in [1.165, 1.54) is 0 Å². The molecule has 108 valence electrons. The molecule has 1 atom stereocenters. The minimum absolute atomic E-state index is 0.316. The van der Waals surface area contributed by atoms with Crippen molar-refractivity contribution in [2.24, 2.45) is 0 Å². The predicted molar refractivity (Wildman–Crippen MR) is 68.4 cm³/mol. The van der Waals surface area contributed by atoms with E-state index in [1.807, 2.05) is 0 Å². The molecule has 1 aromatic heterocycles. The number of nitrogens with one attached hydrogen (secondary N) is 1. The summed E-state index contributed by atoms with van der Waals surface area (Å²) < 4.78 is 53.8. The molecule has 20 heavy (non-hydrogen) atoms. The third-order valence-electron chi connectivity index (χ3n) is 2.58. The fraction of sp³-hybridized carbons (Fsp3) is 0.250. The molecule has 0 aliphatic rings. The lowest BCUT2D eigenvalue weighted by Crippen LogP contribution is -2.35. The smallest absolute Gasteiger partial charge is 0.240 e. The van der Waals surface area contributed by atoms with Crippen molar-refractivity contribution in [2.45, 2.75) is 24.4 Å². The molecule has 0 bridgehead atoms. The third-order valence-corrected chi connectivity index (χ3v) is 4.17. The average Bonchev–Trinajstić information content (AvgIpc) is 2.84. The van der Waals surface area contributed by atoms with Crippen molar-refractivity contribution in [3.05, 3.63) is 48.3 Å². The summed E-state index contributed by atoms with van der Waals surface area (Å²) in [6, 6.07) is 3.71. The first-order valence-electron chi connectivity index (χ1n) is 5.83. The Balaban J connectivity index is 2.12. The van der Waals surface area contributed by atoms with Crippen molar-refractivity contribution >= 4 is 10.0 Å². The van der Waals surface area contributed by atoms with E-state index in [0.29, 0.717) is 12.6 Å². The second-order valence-electron chi connectivity index (χ2n) is 4.33. The highest BCUT2D eigenvalue weighted by Gasteiger charge is 2.19. The average molecular weight is 301 g/mol. The minimum atomic E-state index is -3.90. The van der Waals surface area contributed by atoms with Gasteiger partial charge in [-0.2, -0.15) is 5.10 Å². The maximum Gasteiger partial charge on any atom is 0.240 e. The number of rotatable bonds is 5. The van der Waals surface area contributed by atoms with Crippen LogP contribution in [-0.2, 0) is 16.6 Å². The molecule has 1 heterocycles. The Hall–Kier alpha value is -1.80. The van der Waals surface area contributed by atoms with Crippen LogP contribution in [0.1, 0.15) is 6.92 Å². The monoisotopic (exact) mass is 301 g/mol. The summed E-state index contributed by atoms with van der Waals surface area (Å²) in [5, 5.41) is 3.96. The van der Waals surface area contributed by atoms with Gasteiger partial charge in [0.2, 0.25) is 10.0 Å². The Morgan fingerprint density at radius 3 is 2.70 bits per heavy atom. The molecule has 0 aliphatic heterocycles. The second-order valence-corrected chi connectivity index (χ2v) is 6.04. The fourth-order valence-electron chi connectivity index (χ4n) is 1.70. The zero-order valence-electron chi connectivity index (χ0n) is 10.6. The highest BCUT2D eigenvalue weighted by atomic mass is 32.2. The van der Waals surface area contributed by atoms with Crippen LogP contribution in [0.3, 0.4) is 0 Å². The van der Waals surface area contributed by atoms with Crippen LogP contribution in [0.25, 0.3) is 0 Å². The Labute approximate surface area is 115 Å². The second kappa shape index (κ2) is 5.68. The molecule has 0 spiro atoms. The van der Waals surface area contributed by atoms with Crippen molar-refractivity contribution in [2.75, 3.05) is 0 Å². The van der Waals surface area contributed by atoms with Gasteiger partial charge in [-0.15, -0.1) is 0 Å². The van der Waals surface area contributed by atoms with Crippen molar-refractivity contribution in [1.82, 2.24) is 14.5 Å². The first-order chi connectivity index (χ1) is 9.38. The molecule has 1 aromatic carbocycles. The molecule has 0 saturated carbocycles. The predicted octanol–water partition coefficient (Wildman–Crippen LogP) is 1.53. The van der Waals surface area contributed by atoms with E-state index in [0.717, 1.165) is 12.1 Å². The van der Waals surface area contributed by atoms with Gasteiger partial charge in [0.15, 0.2) is 11.6 Å². The lowest BCUT2D eigenvalue weighted by Gasteiger charge is -2.14. The van der Waals surface area contributed by atoms with Gasteiger partial charge in [-0.05, 0) is 31.2 Å². The summed E-state index contributed by atoms with van der Waals surface area (Å²) in [7, 11) is -3.90. The van der Waals surface area contributed by atoms with Gasteiger partial charge in [0.1, 0.15) is 0 Å². The SMILES string of the molecule is CC(Cn1cccn1)NS(=O)(=O)c1ccc(F)c(F)c1. The first kappa shape index (κ1) is 14.6. The van der Waals surface area contributed by atoms with E-state index in [2.05, 4.69) is 9.82 Å². The van der Waals surface area contributed by atoms with E-state index in [4.69, 9.17) is 0 Å². The molecule has 2 rings (SSSR count). The van der Waals surface area contributed by atoms with Crippen molar-refractivity contribution < 1.29 is 17.2 Å². The van der Waals surface area contributed by atoms with Crippen LogP contribution in [0.15, 0.2) is 41.6 Å². The van der Waals surface area contributed by atoms with E-state index < -0.39 is 27.7 Å². The van der Waals surface area contributed by atoms with Crippen LogP contribution in [-0.4, -0.2) is 24.2 Å². The summed E-state index contributed by atoms with van der Waals surface area (Å²) in [5.74, 6) is -2.29. The van der Waals surface area contributed by atoms with E-state index in [-0.39, 0.29) is 4.90 Å². The lowest BCUT2D eigenvalue weighted by atomic mass is 10.3. The Morgan fingerprint density at radius 1 is 1.35 bits per heavy atom. The molecule has 0 saturated heterocycles. The summed E-state index contributed by atoms with van der Waals surface area (Å²) in [4.78, 5) is -0.316. The Morgan fingerprint density at radius 2 is 2.10 bits per heavy atom. The van der Waals surface area contributed by atoms with Gasteiger partial charge < -0.3 is 0 Å². The first-order valence-corrected chi connectivity index (χ1v) is 7.31. The zero-order chi connectivity index (χ0) is 14.8. The lowest BCUT2D eigenvalue weighted by molar-refractivity contribution is 0.490. The Bertz CT molecular complexity index is 687. The summed E-state index contributed by atoms with van der Waals surface area (Å²) in [5.41, 5.74) is 0. The highest BCUT2D eigenvalue weighted by molar-refractivity contribution is 7.89. The van der Waals surface area contributed by atoms with E-state index >= 15 is 0 Å². The molecular formula is C12H13F2N3O2S. The van der Waals surface area contributed by atoms with Crippen molar-refractivity contribution in [1.29, 1.82) is 0 Å². The minimum Gasteiger partial charge on any atom is -0.271 e. The van der Waals surface area contributed by atoms with Gasteiger partial charge in [-0.25, -0.2) is 21.9 Å². The Kier molecular flexibility index (Phi) is 4.15. The molecule has 8 heteroatoms. The van der Waals surface area contributed by atoms with Crippen LogP contribution >= 0.6 is 0 Å². The van der Waals surface area contributed by atoms with Crippen LogP contribution in [0.5, 0.6) is 0 Å². The standard InChI is InChI=1S/C12H13F2N3O2S/c1-9(8-17-6-2-5-15-17)16-20(18,19)10-3-4-11(13)12(14)7-10/h2-7,9,16H,8H2,1H3. The number of sulfonamides is 1. The molecule has 1 unspecified atom stereocenters. The van der Waals surface area contributed by atoms with Gasteiger partial charge in [0, 0.05) is 18.4 Å². The largest absolute Gasteiger partial charge is 0.271 e. The van der Waals surface area contributed by atoms with Crippen LogP contribution in [0.4, 0.5) is 8.78 Å². The molecule has 0 radical (unpaired) electrons. The third kappa shape index (κ3) is 3.40. The summed E-state index contributed by atoms with van der Waals surface area (Å²) in [6.45, 7) is 1.98. The van der Waals surface area contributed by atoms with Crippen molar-refractivity contribution in [3.8, 4) is 0 Å². The summed E-state index contributed by atoms with van der Waals surface area (Å²) >= 11 is 0. The van der Waals surface area contributed by atoms with Crippen LogP contribution in [0, 0.1) is 11.6 Å². The number of halogens is 2. The molecule has 5 nitrogen and oxygen atoms in total. The molecular weight excluding hydrogens is 288 g/mol. The number of hydrogen-bond acceptors (Lipinski definition) is 3. The van der Waals surface area contributed by atoms with Gasteiger partial charge in [-0.3, -0.25) is 4.68 Å². The quantitative estimate of drug-likeness (QED) is 0.911. The molecule has 0 aliphatic carbocycles. The maximum atomic E-state index is 13.1. The zero-order valence-corrected chi connectivity index (χ0v) is 11.4. The van der Waals surface area contributed by atoms with E-state index in [1.54, 1.807) is 30.1 Å². The normalized spacial score (nSPS) is 13.3. The van der Waals surface area contributed by atoms with Gasteiger partial charge in [0.05, 0.1) is 11.4 Å². The number of benzene rings is 1. The van der Waals surface area contributed by atoms with Gasteiger partial charge >= 0.3 is 0 Å². The molecule has 0 fully saturated rings. The van der Waals surface area contributed by atoms with Crippen LogP contribution in [0.2, 0.25) is 0 Å². The number of hydrogen-bond donors (Lipinski definition) is 1. The number of nitrogens with zero attached hydrogens (tertiary/aromatic N) is 2. The molecule has 2 aromatic rings. The summed E-state index contributed by atoms with van der Waals surface area (Å²) in [6.07, 6.45) is 3.28.